The summed E-state index contributed by atoms with van der Waals surface area (Å²) in [6, 6.07) is 1.40. The number of thioether (sulfide) groups is 1. The Kier molecular flexibility index (Phi) is 4.34. The fraction of sp³-hybridized carbons (Fsp3) is 0.786. The van der Waals surface area contributed by atoms with Crippen molar-refractivity contribution in [3.63, 3.8) is 0 Å². The van der Waals surface area contributed by atoms with Gasteiger partial charge in [-0.2, -0.15) is 11.8 Å². The molecule has 1 aliphatic heterocycles. The molecule has 2 aliphatic rings. The number of hydrogen-bond acceptors (Lipinski definition) is 5. The quantitative estimate of drug-likeness (QED) is 0.904. The second-order valence-corrected chi connectivity index (χ2v) is 7.70. The molecule has 1 atom stereocenters. The van der Waals surface area contributed by atoms with Crippen LogP contribution in [0.3, 0.4) is 0 Å². The van der Waals surface area contributed by atoms with Crippen molar-refractivity contribution in [2.45, 2.75) is 51.7 Å². The molecule has 1 aliphatic carbocycles. The lowest BCUT2D eigenvalue weighted by Crippen LogP contribution is -2.40. The highest BCUT2D eigenvalue weighted by atomic mass is 32.2. The largest absolute Gasteiger partial charge is 0.344 e. The van der Waals surface area contributed by atoms with E-state index in [4.69, 9.17) is 4.98 Å². The van der Waals surface area contributed by atoms with Gasteiger partial charge in [-0.15, -0.1) is 11.3 Å². The third-order valence-electron chi connectivity index (χ3n) is 3.84. The summed E-state index contributed by atoms with van der Waals surface area (Å²) < 4.78 is 0. The highest BCUT2D eigenvalue weighted by Crippen LogP contribution is 2.31. The summed E-state index contributed by atoms with van der Waals surface area (Å²) in [5.41, 5.74) is 1.30. The van der Waals surface area contributed by atoms with Gasteiger partial charge in [-0.3, -0.25) is 0 Å². The molecule has 0 spiro atoms. The topological polar surface area (TPSA) is 28.2 Å². The Morgan fingerprint density at radius 2 is 2.26 bits per heavy atom. The van der Waals surface area contributed by atoms with Crippen molar-refractivity contribution in [2.24, 2.45) is 0 Å². The van der Waals surface area contributed by atoms with Crippen LogP contribution in [0.5, 0.6) is 0 Å². The minimum atomic E-state index is 0.624. The van der Waals surface area contributed by atoms with Crippen molar-refractivity contribution in [3.8, 4) is 0 Å². The number of thiazole rings is 1. The number of nitrogens with zero attached hydrogens (tertiary/aromatic N) is 2. The van der Waals surface area contributed by atoms with Crippen LogP contribution in [0.2, 0.25) is 0 Å². The van der Waals surface area contributed by atoms with E-state index in [0.717, 1.165) is 25.6 Å². The van der Waals surface area contributed by atoms with Crippen molar-refractivity contribution in [1.29, 1.82) is 0 Å². The molecule has 1 aromatic rings. The number of hydrogen-bond donors (Lipinski definition) is 1. The number of aromatic nitrogens is 1. The lowest BCUT2D eigenvalue weighted by Gasteiger charge is -2.32. The summed E-state index contributed by atoms with van der Waals surface area (Å²) in [5, 5.41) is 4.87. The average molecular weight is 297 g/mol. The Hall–Kier alpha value is -0.260. The number of aryl methyl sites for hydroxylation is 1. The molecule has 1 aromatic heterocycles. The zero-order chi connectivity index (χ0) is 13.2. The second kappa shape index (κ2) is 6.02. The van der Waals surface area contributed by atoms with Gasteiger partial charge >= 0.3 is 0 Å². The maximum atomic E-state index is 4.90. The molecule has 0 aromatic carbocycles. The lowest BCUT2D eigenvalue weighted by molar-refractivity contribution is 0.687. The highest BCUT2D eigenvalue weighted by molar-refractivity contribution is 7.99. The zero-order valence-electron chi connectivity index (χ0n) is 11.8. The van der Waals surface area contributed by atoms with E-state index in [1.807, 2.05) is 11.3 Å². The lowest BCUT2D eigenvalue weighted by atomic mass is 10.3. The zero-order valence-corrected chi connectivity index (χ0v) is 13.4. The third-order valence-corrected chi connectivity index (χ3v) is 6.17. The summed E-state index contributed by atoms with van der Waals surface area (Å²) in [6.07, 6.45) is 3.76. The first-order chi connectivity index (χ1) is 9.28. The van der Waals surface area contributed by atoms with Crippen molar-refractivity contribution < 1.29 is 0 Å². The molecule has 1 unspecified atom stereocenters. The molecule has 5 heteroatoms. The molecular weight excluding hydrogens is 274 g/mol. The van der Waals surface area contributed by atoms with Crippen molar-refractivity contribution in [1.82, 2.24) is 10.3 Å². The maximum absolute atomic E-state index is 4.90. The standard InChI is InChI=1S/C14H23N3S2/c1-3-12-13(8-15-11-4-5-11)19-14(16-12)17-6-7-18-9-10(17)2/h10-11,15H,3-9H2,1-2H3. The van der Waals surface area contributed by atoms with Crippen LogP contribution in [0.25, 0.3) is 0 Å². The van der Waals surface area contributed by atoms with Crippen LogP contribution >= 0.6 is 23.1 Å². The van der Waals surface area contributed by atoms with E-state index in [1.165, 1.54) is 40.0 Å². The molecule has 0 radical (unpaired) electrons. The van der Waals surface area contributed by atoms with Crippen LogP contribution < -0.4 is 10.2 Å². The summed E-state index contributed by atoms with van der Waals surface area (Å²) in [4.78, 5) is 8.85. The van der Waals surface area contributed by atoms with Gasteiger partial charge in [0.15, 0.2) is 5.13 Å². The summed E-state index contributed by atoms with van der Waals surface area (Å²) >= 11 is 3.97. The molecular formula is C14H23N3S2. The van der Waals surface area contributed by atoms with E-state index in [9.17, 15) is 0 Å². The number of anilines is 1. The van der Waals surface area contributed by atoms with Gasteiger partial charge in [0.05, 0.1) is 5.69 Å². The van der Waals surface area contributed by atoms with Crippen LogP contribution in [-0.2, 0) is 13.0 Å². The monoisotopic (exact) mass is 297 g/mol. The first-order valence-corrected chi connectivity index (χ1v) is 9.31. The SMILES string of the molecule is CCc1nc(N2CCSCC2C)sc1CNC1CC1. The molecule has 1 saturated heterocycles. The Morgan fingerprint density at radius 1 is 1.42 bits per heavy atom. The van der Waals surface area contributed by atoms with Crippen LogP contribution in [0, 0.1) is 0 Å². The van der Waals surface area contributed by atoms with Crippen molar-refractivity contribution >= 4 is 28.2 Å². The van der Waals surface area contributed by atoms with Crippen molar-refractivity contribution in [2.75, 3.05) is 23.0 Å². The smallest absolute Gasteiger partial charge is 0.186 e. The van der Waals surface area contributed by atoms with Crippen molar-refractivity contribution in [3.05, 3.63) is 10.6 Å². The van der Waals surface area contributed by atoms with Gasteiger partial charge < -0.3 is 10.2 Å². The molecule has 106 valence electrons. The normalized spacial score (nSPS) is 23.9. The first kappa shape index (κ1) is 13.7. The minimum absolute atomic E-state index is 0.624. The molecule has 1 N–H and O–H groups in total. The van der Waals surface area contributed by atoms with E-state index in [2.05, 4.69) is 35.8 Å². The number of nitrogens with one attached hydrogen (secondary N) is 1. The Morgan fingerprint density at radius 3 is 2.95 bits per heavy atom. The van der Waals surface area contributed by atoms with Crippen LogP contribution in [0.4, 0.5) is 5.13 Å². The van der Waals surface area contributed by atoms with Gasteiger partial charge in [0.2, 0.25) is 0 Å². The predicted octanol–water partition coefficient (Wildman–Crippen LogP) is 2.90. The Bertz CT molecular complexity index is 428. The molecule has 19 heavy (non-hydrogen) atoms. The van der Waals surface area contributed by atoms with Gasteiger partial charge in [-0.1, -0.05) is 6.92 Å². The van der Waals surface area contributed by atoms with E-state index < -0.39 is 0 Å². The molecule has 1 saturated carbocycles. The first-order valence-electron chi connectivity index (χ1n) is 7.34. The fourth-order valence-corrected chi connectivity index (χ4v) is 4.68. The van der Waals surface area contributed by atoms with E-state index in [0.29, 0.717) is 6.04 Å². The maximum Gasteiger partial charge on any atom is 0.186 e. The minimum Gasteiger partial charge on any atom is -0.344 e. The van der Waals surface area contributed by atoms with E-state index >= 15 is 0 Å². The Labute approximate surface area is 124 Å². The molecule has 0 bridgehead atoms. The molecule has 3 rings (SSSR count). The predicted molar refractivity (Wildman–Crippen MR) is 85.5 cm³/mol. The van der Waals surface area contributed by atoms with Gasteiger partial charge in [0.25, 0.3) is 0 Å². The van der Waals surface area contributed by atoms with Gasteiger partial charge in [-0.05, 0) is 26.2 Å². The van der Waals surface area contributed by atoms with E-state index in [1.54, 1.807) is 0 Å². The van der Waals surface area contributed by atoms with Crippen LogP contribution in [0.15, 0.2) is 0 Å². The molecule has 0 amide bonds. The summed E-state index contributed by atoms with van der Waals surface area (Å²) in [5.74, 6) is 2.47. The molecule has 3 nitrogen and oxygen atoms in total. The molecule has 2 fully saturated rings. The second-order valence-electron chi connectivity index (χ2n) is 5.49. The molecule has 2 heterocycles. The van der Waals surface area contributed by atoms with Gasteiger partial charge in [0.1, 0.15) is 0 Å². The number of rotatable bonds is 5. The van der Waals surface area contributed by atoms with E-state index in [-0.39, 0.29) is 0 Å². The van der Waals surface area contributed by atoms with Crippen LogP contribution in [0.1, 0.15) is 37.3 Å². The third kappa shape index (κ3) is 3.26. The summed E-state index contributed by atoms with van der Waals surface area (Å²) in [6.45, 7) is 6.71. The average Bonchev–Trinajstić information content (AvgIpc) is 3.16. The highest BCUT2D eigenvalue weighted by Gasteiger charge is 2.24. The Balaban J connectivity index is 1.73. The van der Waals surface area contributed by atoms with Gasteiger partial charge in [0, 0.05) is 41.6 Å². The van der Waals surface area contributed by atoms with Crippen LogP contribution in [-0.4, -0.2) is 35.1 Å². The fourth-order valence-electron chi connectivity index (χ4n) is 2.44. The van der Waals surface area contributed by atoms with Gasteiger partial charge in [-0.25, -0.2) is 4.98 Å². The summed E-state index contributed by atoms with van der Waals surface area (Å²) in [7, 11) is 0.